The van der Waals surface area contributed by atoms with Crippen molar-refractivity contribution in [3.05, 3.63) is 65.2 Å². The van der Waals surface area contributed by atoms with Gasteiger partial charge in [-0.25, -0.2) is 0 Å². The molecule has 33 heavy (non-hydrogen) atoms. The number of ether oxygens (including phenoxy) is 1. The van der Waals surface area contributed by atoms with Gasteiger partial charge in [-0.3, -0.25) is 9.59 Å². The van der Waals surface area contributed by atoms with E-state index >= 15 is 0 Å². The Balaban J connectivity index is 1.88. The van der Waals surface area contributed by atoms with E-state index in [-0.39, 0.29) is 23.8 Å². The topological polar surface area (TPSA) is 58.6 Å². The molecule has 2 aromatic rings. The van der Waals surface area contributed by atoms with Gasteiger partial charge in [0.1, 0.15) is 5.75 Å². The first-order valence-corrected chi connectivity index (χ1v) is 12.2. The zero-order valence-corrected chi connectivity index (χ0v) is 20.6. The maximum absolute atomic E-state index is 13.1. The highest BCUT2D eigenvalue weighted by Gasteiger charge is 2.33. The molecule has 2 atom stereocenters. The number of carbonyl (C=O) groups excluding carboxylic acids is 2. The minimum atomic E-state index is -0.539. The van der Waals surface area contributed by atoms with Gasteiger partial charge in [0.05, 0.1) is 6.04 Å². The van der Waals surface area contributed by atoms with Crippen molar-refractivity contribution < 1.29 is 14.3 Å². The molecule has 1 aliphatic heterocycles. The average Bonchev–Trinajstić information content (AvgIpc) is 2.81. The van der Waals surface area contributed by atoms with Gasteiger partial charge in [0.2, 0.25) is 5.91 Å². The van der Waals surface area contributed by atoms with Crippen LogP contribution in [0.5, 0.6) is 5.75 Å². The fraction of sp³-hybridized carbons (Fsp3) is 0.500. The first-order valence-electron chi connectivity index (χ1n) is 12.2. The lowest BCUT2D eigenvalue weighted by molar-refractivity contribution is -0.136. The van der Waals surface area contributed by atoms with Gasteiger partial charge in [-0.15, -0.1) is 0 Å². The third-order valence-corrected chi connectivity index (χ3v) is 6.20. The van der Waals surface area contributed by atoms with Gasteiger partial charge in [-0.2, -0.15) is 0 Å². The van der Waals surface area contributed by atoms with Crippen molar-refractivity contribution in [3.8, 4) is 5.75 Å². The summed E-state index contributed by atoms with van der Waals surface area (Å²) in [4.78, 5) is 27.7. The largest absolute Gasteiger partial charge is 0.481 e. The van der Waals surface area contributed by atoms with Crippen LogP contribution in [0.3, 0.4) is 0 Å². The molecule has 1 N–H and O–H groups in total. The van der Waals surface area contributed by atoms with Crippen LogP contribution in [-0.2, 0) is 16.0 Å². The van der Waals surface area contributed by atoms with Gasteiger partial charge in [0.25, 0.3) is 5.91 Å². The lowest BCUT2D eigenvalue weighted by atomic mass is 9.87. The molecule has 1 heterocycles. The van der Waals surface area contributed by atoms with Crippen LogP contribution in [-0.4, -0.2) is 35.9 Å². The van der Waals surface area contributed by atoms with Gasteiger partial charge in [0.15, 0.2) is 6.10 Å². The summed E-state index contributed by atoms with van der Waals surface area (Å²) in [6.45, 7) is 11.5. The third kappa shape index (κ3) is 6.16. The van der Waals surface area contributed by atoms with E-state index in [1.165, 1.54) is 5.56 Å². The molecular weight excluding hydrogens is 412 g/mol. The summed E-state index contributed by atoms with van der Waals surface area (Å²) >= 11 is 0. The Bertz CT molecular complexity index is 939. The molecule has 0 aliphatic carbocycles. The normalized spacial score (nSPS) is 16.5. The summed E-state index contributed by atoms with van der Waals surface area (Å²) in [6, 6.07) is 16.1. The number of nitrogens with zero attached hydrogens (tertiary/aromatic N) is 1. The van der Waals surface area contributed by atoms with E-state index in [2.05, 4.69) is 37.4 Å². The van der Waals surface area contributed by atoms with E-state index in [9.17, 15) is 9.59 Å². The Morgan fingerprint density at radius 3 is 2.45 bits per heavy atom. The molecule has 5 nitrogen and oxygen atoms in total. The van der Waals surface area contributed by atoms with E-state index in [1.807, 2.05) is 56.0 Å². The molecule has 2 aromatic carbocycles. The summed E-state index contributed by atoms with van der Waals surface area (Å²) in [5.41, 5.74) is 3.38. The summed E-state index contributed by atoms with van der Waals surface area (Å²) in [5.74, 6) is 1.21. The van der Waals surface area contributed by atoms with Crippen LogP contribution in [0.1, 0.15) is 70.2 Å². The van der Waals surface area contributed by atoms with E-state index in [4.69, 9.17) is 4.74 Å². The van der Waals surface area contributed by atoms with Crippen molar-refractivity contribution in [1.82, 2.24) is 10.2 Å². The van der Waals surface area contributed by atoms with E-state index in [0.29, 0.717) is 31.2 Å². The molecule has 178 valence electrons. The van der Waals surface area contributed by atoms with E-state index < -0.39 is 6.10 Å². The number of benzene rings is 2. The molecule has 2 amide bonds. The first kappa shape index (κ1) is 24.8. The second-order valence-corrected chi connectivity index (χ2v) is 9.60. The zero-order valence-electron chi connectivity index (χ0n) is 20.6. The number of nitrogens with one attached hydrogen (secondary N) is 1. The Labute approximate surface area is 198 Å². The van der Waals surface area contributed by atoms with Gasteiger partial charge < -0.3 is 15.0 Å². The van der Waals surface area contributed by atoms with Gasteiger partial charge in [-0.1, -0.05) is 71.0 Å². The summed E-state index contributed by atoms with van der Waals surface area (Å²) in [7, 11) is 0. The summed E-state index contributed by atoms with van der Waals surface area (Å²) < 4.78 is 6.16. The van der Waals surface area contributed by atoms with E-state index in [0.717, 1.165) is 24.0 Å². The fourth-order valence-corrected chi connectivity index (χ4v) is 4.31. The number of amides is 2. The predicted octanol–water partition coefficient (Wildman–Crippen LogP) is 5.14. The Morgan fingerprint density at radius 2 is 1.82 bits per heavy atom. The second-order valence-electron chi connectivity index (χ2n) is 9.60. The van der Waals surface area contributed by atoms with Crippen LogP contribution < -0.4 is 10.1 Å². The third-order valence-electron chi connectivity index (χ3n) is 6.20. The van der Waals surface area contributed by atoms with Crippen LogP contribution in [0.15, 0.2) is 48.5 Å². The Morgan fingerprint density at radius 1 is 1.09 bits per heavy atom. The van der Waals surface area contributed by atoms with Gasteiger partial charge >= 0.3 is 0 Å². The van der Waals surface area contributed by atoms with Crippen molar-refractivity contribution in [1.29, 1.82) is 0 Å². The highest BCUT2D eigenvalue weighted by molar-refractivity contribution is 5.81. The molecule has 0 bridgehead atoms. The average molecular weight is 451 g/mol. The molecule has 3 rings (SSSR count). The minimum absolute atomic E-state index is 0.0730. The lowest BCUT2D eigenvalue weighted by Crippen LogP contribution is -2.42. The molecule has 0 fully saturated rings. The van der Waals surface area contributed by atoms with Crippen LogP contribution in [0.25, 0.3) is 0 Å². The molecule has 0 spiro atoms. The highest BCUT2D eigenvalue weighted by atomic mass is 16.5. The van der Waals surface area contributed by atoms with E-state index in [1.54, 1.807) is 0 Å². The lowest BCUT2D eigenvalue weighted by Gasteiger charge is -2.39. The second kappa shape index (κ2) is 11.4. The smallest absolute Gasteiger partial charge is 0.261 e. The van der Waals surface area contributed by atoms with Crippen LogP contribution in [0.4, 0.5) is 0 Å². The Kier molecular flexibility index (Phi) is 8.54. The maximum atomic E-state index is 13.1. The molecule has 5 heteroatoms. The summed E-state index contributed by atoms with van der Waals surface area (Å²) in [5, 5.41) is 3.00. The molecule has 0 radical (unpaired) electrons. The zero-order chi connectivity index (χ0) is 24.0. The monoisotopic (exact) mass is 450 g/mol. The minimum Gasteiger partial charge on any atom is -0.481 e. The number of fused-ring (bicyclic) bond motifs is 1. The van der Waals surface area contributed by atoms with Crippen LogP contribution >= 0.6 is 0 Å². The number of carbonyl (C=O) groups is 2. The van der Waals surface area contributed by atoms with Crippen molar-refractivity contribution in [2.75, 3.05) is 13.1 Å². The van der Waals surface area contributed by atoms with Crippen molar-refractivity contribution in [3.63, 3.8) is 0 Å². The molecule has 1 aliphatic rings. The number of hydrogen-bond donors (Lipinski definition) is 1. The summed E-state index contributed by atoms with van der Waals surface area (Å²) in [6.07, 6.45) is 1.80. The quantitative estimate of drug-likeness (QED) is 0.576. The van der Waals surface area contributed by atoms with Crippen LogP contribution in [0, 0.1) is 11.8 Å². The highest BCUT2D eigenvalue weighted by Crippen LogP contribution is 2.38. The molecule has 0 saturated carbocycles. The van der Waals surface area contributed by atoms with Gasteiger partial charge in [0, 0.05) is 19.0 Å². The number of rotatable bonds is 9. The standard InChI is InChI=1S/C28H38N2O3/c1-6-25(27(31)29-16-14-19(2)3)33-23-13-12-21-15-17-30(28(32)20(4)5)26(24(21)18-23)22-10-8-7-9-11-22/h7-13,18-20,25-26H,6,14-17H2,1-5H3,(H,29,31). The molecular formula is C28H38N2O3. The molecule has 0 saturated heterocycles. The van der Waals surface area contributed by atoms with Crippen molar-refractivity contribution >= 4 is 11.8 Å². The molecule has 0 aromatic heterocycles. The van der Waals surface area contributed by atoms with Crippen molar-refractivity contribution in [2.24, 2.45) is 11.8 Å². The first-order chi connectivity index (χ1) is 15.8. The molecule has 2 unspecified atom stereocenters. The van der Waals surface area contributed by atoms with Crippen molar-refractivity contribution in [2.45, 2.75) is 66.0 Å². The predicted molar refractivity (Wildman–Crippen MR) is 132 cm³/mol. The SMILES string of the molecule is CCC(Oc1ccc2c(c1)C(c1ccccc1)N(C(=O)C(C)C)CC2)C(=O)NCCC(C)C. The fourth-order valence-electron chi connectivity index (χ4n) is 4.31. The van der Waals surface area contributed by atoms with Crippen LogP contribution in [0.2, 0.25) is 0 Å². The Hall–Kier alpha value is -2.82. The maximum Gasteiger partial charge on any atom is 0.261 e. The van der Waals surface area contributed by atoms with Gasteiger partial charge in [-0.05, 0) is 54.0 Å². The number of hydrogen-bond acceptors (Lipinski definition) is 3.